The third kappa shape index (κ3) is 6.47. The van der Waals surface area contributed by atoms with Gasteiger partial charge in [0.05, 0.1) is 38.4 Å². The third-order valence-corrected chi connectivity index (χ3v) is 8.01. The molecule has 0 bridgehead atoms. The number of hydrogen-bond donors (Lipinski definition) is 3. The molecular formula is C28H33N5O6S. The van der Waals surface area contributed by atoms with Gasteiger partial charge in [0.15, 0.2) is 5.78 Å². The number of anilines is 3. The van der Waals surface area contributed by atoms with Crippen molar-refractivity contribution in [2.45, 2.75) is 25.7 Å². The maximum atomic E-state index is 13.8. The van der Waals surface area contributed by atoms with Gasteiger partial charge in [0.25, 0.3) is 0 Å². The van der Waals surface area contributed by atoms with Crippen molar-refractivity contribution in [3.05, 3.63) is 41.0 Å². The molecule has 212 valence electrons. The molecular weight excluding hydrogens is 534 g/mol. The van der Waals surface area contributed by atoms with E-state index in [1.807, 2.05) is 23.6 Å². The van der Waals surface area contributed by atoms with Crippen molar-refractivity contribution in [1.29, 1.82) is 0 Å². The second-order valence-corrected chi connectivity index (χ2v) is 10.7. The van der Waals surface area contributed by atoms with Gasteiger partial charge in [0, 0.05) is 48.8 Å². The summed E-state index contributed by atoms with van der Waals surface area (Å²) in [6.45, 7) is 2.88. The molecule has 3 heterocycles. The van der Waals surface area contributed by atoms with Gasteiger partial charge >= 0.3 is 0 Å². The number of thiophene rings is 1. The SMILES string of the molecule is COCCOCCOCCNc1cc(Nc2ncnc3sccc23)cc2c1C(=O)C(C1CCC(=O)NC1=O)CC2. The minimum atomic E-state index is -0.502. The summed E-state index contributed by atoms with van der Waals surface area (Å²) in [6.07, 6.45) is 3.37. The number of Topliss-reactive ketones (excluding diaryl/α,β-unsaturated/α-hetero) is 1. The molecule has 3 aromatic rings. The number of ketones is 1. The zero-order valence-corrected chi connectivity index (χ0v) is 23.2. The Kier molecular flexibility index (Phi) is 9.32. The summed E-state index contributed by atoms with van der Waals surface area (Å²) in [5, 5.41) is 12.1. The van der Waals surface area contributed by atoms with Gasteiger partial charge in [0.1, 0.15) is 17.0 Å². The van der Waals surface area contributed by atoms with Gasteiger partial charge in [-0.2, -0.15) is 0 Å². The van der Waals surface area contributed by atoms with E-state index in [0.717, 1.165) is 21.5 Å². The van der Waals surface area contributed by atoms with Crippen LogP contribution in [0, 0.1) is 11.8 Å². The van der Waals surface area contributed by atoms with Crippen molar-refractivity contribution >= 4 is 56.3 Å². The van der Waals surface area contributed by atoms with Crippen molar-refractivity contribution in [2.24, 2.45) is 11.8 Å². The molecule has 40 heavy (non-hydrogen) atoms. The van der Waals surface area contributed by atoms with E-state index in [1.165, 1.54) is 6.33 Å². The van der Waals surface area contributed by atoms with Gasteiger partial charge in [-0.15, -0.1) is 11.3 Å². The van der Waals surface area contributed by atoms with Crippen LogP contribution < -0.4 is 16.0 Å². The third-order valence-electron chi connectivity index (χ3n) is 7.19. The van der Waals surface area contributed by atoms with Crippen LogP contribution in [0.1, 0.15) is 35.2 Å². The van der Waals surface area contributed by atoms with Gasteiger partial charge in [-0.05, 0) is 48.4 Å². The first-order valence-corrected chi connectivity index (χ1v) is 14.3. The van der Waals surface area contributed by atoms with Crippen LogP contribution in [0.3, 0.4) is 0 Å². The van der Waals surface area contributed by atoms with Crippen LogP contribution in [0.25, 0.3) is 10.2 Å². The van der Waals surface area contributed by atoms with Crippen LogP contribution in [-0.4, -0.2) is 74.3 Å². The molecule has 1 fully saturated rings. The number of benzene rings is 1. The quantitative estimate of drug-likeness (QED) is 0.208. The van der Waals surface area contributed by atoms with E-state index in [1.54, 1.807) is 18.4 Å². The van der Waals surface area contributed by atoms with E-state index >= 15 is 0 Å². The highest BCUT2D eigenvalue weighted by Crippen LogP contribution is 2.39. The summed E-state index contributed by atoms with van der Waals surface area (Å²) in [7, 11) is 1.63. The number of aryl methyl sites for hydroxylation is 1. The van der Waals surface area contributed by atoms with Crippen molar-refractivity contribution in [3.63, 3.8) is 0 Å². The number of rotatable bonds is 13. The number of nitrogens with zero attached hydrogens (tertiary/aromatic N) is 2. The van der Waals surface area contributed by atoms with Gasteiger partial charge in [-0.1, -0.05) is 0 Å². The number of nitrogens with one attached hydrogen (secondary N) is 3. The lowest BCUT2D eigenvalue weighted by molar-refractivity contribution is -0.137. The molecule has 0 spiro atoms. The topological polar surface area (TPSA) is 141 Å². The van der Waals surface area contributed by atoms with E-state index in [-0.39, 0.29) is 24.0 Å². The number of hydrogen-bond acceptors (Lipinski definition) is 11. The number of methoxy groups -OCH3 is 1. The maximum Gasteiger partial charge on any atom is 0.230 e. The molecule has 3 N–H and O–H groups in total. The van der Waals surface area contributed by atoms with Crippen LogP contribution >= 0.6 is 11.3 Å². The number of imide groups is 1. The molecule has 12 heteroatoms. The Balaban J connectivity index is 1.34. The number of aromatic nitrogens is 2. The monoisotopic (exact) mass is 567 g/mol. The predicted octanol–water partition coefficient (Wildman–Crippen LogP) is 3.32. The molecule has 1 aliphatic carbocycles. The van der Waals surface area contributed by atoms with Gasteiger partial charge in [0.2, 0.25) is 11.8 Å². The fourth-order valence-electron chi connectivity index (χ4n) is 5.26. The summed E-state index contributed by atoms with van der Waals surface area (Å²) in [6, 6.07) is 5.86. The number of carbonyl (C=O) groups excluding carboxylic acids is 3. The minimum absolute atomic E-state index is 0.0699. The molecule has 1 saturated heterocycles. The first kappa shape index (κ1) is 28.1. The summed E-state index contributed by atoms with van der Waals surface area (Å²) in [4.78, 5) is 47.7. The van der Waals surface area contributed by atoms with E-state index in [0.29, 0.717) is 75.9 Å². The smallest absolute Gasteiger partial charge is 0.230 e. The first-order chi connectivity index (χ1) is 19.5. The molecule has 1 aliphatic heterocycles. The zero-order chi connectivity index (χ0) is 27.9. The molecule has 0 saturated carbocycles. The van der Waals surface area contributed by atoms with Crippen molar-refractivity contribution < 1.29 is 28.6 Å². The van der Waals surface area contributed by atoms with Crippen molar-refractivity contribution in [3.8, 4) is 0 Å². The summed E-state index contributed by atoms with van der Waals surface area (Å²) in [5.74, 6) is -0.977. The standard InChI is InChI=1S/C28H33N5O6S/c1-37-9-10-39-12-11-38-8-7-29-22-15-18(32-26-21-6-13-40-28(21)31-16-30-26)14-17-2-3-19(25(35)24(17)22)20-4-5-23(34)33-27(20)36/h6,13-16,19-20,29H,2-5,7-12H2,1H3,(H,30,31,32)(H,33,34,36). The lowest BCUT2D eigenvalue weighted by Crippen LogP contribution is -2.46. The predicted molar refractivity (Wildman–Crippen MR) is 151 cm³/mol. The average molecular weight is 568 g/mol. The molecule has 2 aromatic heterocycles. The Bertz CT molecular complexity index is 1380. The Morgan fingerprint density at radius 2 is 1.80 bits per heavy atom. The average Bonchev–Trinajstić information content (AvgIpc) is 3.43. The fraction of sp³-hybridized carbons (Fsp3) is 0.464. The largest absolute Gasteiger partial charge is 0.382 e. The number of amides is 2. The number of piperidine rings is 1. The Morgan fingerprint density at radius 1 is 1.00 bits per heavy atom. The normalized spacial score (nSPS) is 19.0. The summed E-state index contributed by atoms with van der Waals surface area (Å²) >= 11 is 1.54. The molecule has 2 unspecified atom stereocenters. The lowest BCUT2D eigenvalue weighted by Gasteiger charge is -2.32. The molecule has 2 aliphatic rings. The summed E-state index contributed by atoms with van der Waals surface area (Å²) in [5.41, 5.74) is 2.98. The van der Waals surface area contributed by atoms with Gasteiger partial charge in [-0.3, -0.25) is 19.7 Å². The van der Waals surface area contributed by atoms with Gasteiger partial charge in [-0.25, -0.2) is 9.97 Å². The number of ether oxygens (including phenoxy) is 3. The molecule has 1 aromatic carbocycles. The highest BCUT2D eigenvalue weighted by Gasteiger charge is 2.41. The van der Waals surface area contributed by atoms with E-state index in [2.05, 4.69) is 25.9 Å². The maximum absolute atomic E-state index is 13.8. The first-order valence-electron chi connectivity index (χ1n) is 13.4. The molecule has 0 radical (unpaired) electrons. The molecule has 2 atom stereocenters. The van der Waals surface area contributed by atoms with Crippen LogP contribution in [-0.2, 0) is 30.2 Å². The van der Waals surface area contributed by atoms with Crippen LogP contribution in [0.2, 0.25) is 0 Å². The van der Waals surface area contributed by atoms with Crippen molar-refractivity contribution in [1.82, 2.24) is 15.3 Å². The van der Waals surface area contributed by atoms with Crippen LogP contribution in [0.5, 0.6) is 0 Å². The van der Waals surface area contributed by atoms with Gasteiger partial charge < -0.3 is 24.8 Å². The Labute approximate surface area is 236 Å². The van der Waals surface area contributed by atoms with E-state index in [4.69, 9.17) is 14.2 Å². The minimum Gasteiger partial charge on any atom is -0.382 e. The fourth-order valence-corrected chi connectivity index (χ4v) is 5.99. The lowest BCUT2D eigenvalue weighted by atomic mass is 9.72. The second kappa shape index (κ2) is 13.3. The second-order valence-electron chi connectivity index (χ2n) is 9.76. The zero-order valence-electron chi connectivity index (χ0n) is 22.4. The molecule has 11 nitrogen and oxygen atoms in total. The highest BCUT2D eigenvalue weighted by molar-refractivity contribution is 7.16. The summed E-state index contributed by atoms with van der Waals surface area (Å²) < 4.78 is 16.1. The highest BCUT2D eigenvalue weighted by atomic mass is 32.1. The van der Waals surface area contributed by atoms with Crippen molar-refractivity contribution in [2.75, 3.05) is 57.3 Å². The van der Waals surface area contributed by atoms with E-state index in [9.17, 15) is 14.4 Å². The molecule has 5 rings (SSSR count). The number of carbonyl (C=O) groups is 3. The molecule has 2 amide bonds. The van der Waals surface area contributed by atoms with E-state index < -0.39 is 11.8 Å². The Morgan fingerprint density at radius 3 is 2.62 bits per heavy atom. The van der Waals surface area contributed by atoms with Crippen LogP contribution in [0.15, 0.2) is 29.9 Å². The number of fused-ring (bicyclic) bond motifs is 2. The van der Waals surface area contributed by atoms with Crippen LogP contribution in [0.4, 0.5) is 17.2 Å². The Hall–Kier alpha value is -3.45.